The molecule has 0 aromatic carbocycles. The monoisotopic (exact) mass is 608 g/mol. The van der Waals surface area contributed by atoms with Crippen molar-refractivity contribution >= 4 is 23.5 Å². The van der Waals surface area contributed by atoms with Crippen molar-refractivity contribution in [2.75, 3.05) is 33.4 Å². The second-order valence-corrected chi connectivity index (χ2v) is 13.3. The van der Waals surface area contributed by atoms with Crippen molar-refractivity contribution in [2.24, 2.45) is 5.92 Å². The van der Waals surface area contributed by atoms with Gasteiger partial charge in [-0.2, -0.15) is 4.37 Å². The Morgan fingerprint density at radius 1 is 0.833 bits per heavy atom. The summed E-state index contributed by atoms with van der Waals surface area (Å²) in [5.74, 6) is 0.788. The molecule has 8 heteroatoms. The Hall–Kier alpha value is -1.67. The van der Waals surface area contributed by atoms with Crippen molar-refractivity contribution in [3.8, 4) is 5.88 Å². The molecule has 2 unspecified atom stereocenters. The van der Waals surface area contributed by atoms with Crippen LogP contribution in [0.5, 0.6) is 5.88 Å². The standard InChI is InChI=1S/C34H62N3O4S/c1-6-8-10-12-13-14-15-16-17-18-19-20-22-27-40-34(38)41-33(29(3)4)37(5)25-23-24-30(28-37)31-32(36-42-35-31)39-26-21-11-9-7-2/h24,29,33H,6-23,25-28H2,1-5H3/q+1. The molecule has 42 heavy (non-hydrogen) atoms. The summed E-state index contributed by atoms with van der Waals surface area (Å²) in [4.78, 5) is 12.7. The number of likely N-dealkylation sites (N-methyl/N-ethyl adjacent to an activating group) is 1. The predicted octanol–water partition coefficient (Wildman–Crippen LogP) is 9.96. The van der Waals surface area contributed by atoms with Gasteiger partial charge in [0.05, 0.1) is 38.5 Å². The highest BCUT2D eigenvalue weighted by molar-refractivity contribution is 6.99. The van der Waals surface area contributed by atoms with Crippen molar-refractivity contribution in [3.63, 3.8) is 0 Å². The number of carbonyl (C=O) groups is 1. The molecule has 0 saturated heterocycles. The van der Waals surface area contributed by atoms with E-state index in [4.69, 9.17) is 14.2 Å². The molecule has 1 aliphatic rings. The minimum Gasteiger partial charge on any atom is -0.475 e. The summed E-state index contributed by atoms with van der Waals surface area (Å²) >= 11 is 1.20. The quantitative estimate of drug-likeness (QED) is 0.0661. The predicted molar refractivity (Wildman–Crippen MR) is 175 cm³/mol. The number of quaternary nitrogens is 1. The molecule has 0 aliphatic carbocycles. The third-order valence-corrected chi connectivity index (χ3v) is 8.94. The van der Waals surface area contributed by atoms with E-state index in [1.54, 1.807) is 0 Å². The van der Waals surface area contributed by atoms with Crippen molar-refractivity contribution < 1.29 is 23.5 Å². The van der Waals surface area contributed by atoms with Crippen molar-refractivity contribution in [1.82, 2.24) is 8.75 Å². The van der Waals surface area contributed by atoms with E-state index in [0.29, 0.717) is 30.1 Å². The Morgan fingerprint density at radius 3 is 1.98 bits per heavy atom. The Labute approximate surface area is 261 Å². The molecular formula is C34H62N3O4S+. The Balaban J connectivity index is 1.69. The summed E-state index contributed by atoms with van der Waals surface area (Å²) in [6.45, 7) is 11.4. The van der Waals surface area contributed by atoms with Gasteiger partial charge in [0.15, 0.2) is 0 Å². The largest absolute Gasteiger partial charge is 0.512 e. The van der Waals surface area contributed by atoms with Crippen LogP contribution in [0, 0.1) is 5.92 Å². The van der Waals surface area contributed by atoms with E-state index >= 15 is 0 Å². The number of carbonyl (C=O) groups excluding carboxylic acids is 1. The van der Waals surface area contributed by atoms with Crippen LogP contribution >= 0.6 is 11.7 Å². The molecule has 2 atom stereocenters. The number of ether oxygens (including phenoxy) is 3. The first-order valence-corrected chi connectivity index (χ1v) is 18.0. The van der Waals surface area contributed by atoms with E-state index < -0.39 is 6.16 Å². The average Bonchev–Trinajstić information content (AvgIpc) is 3.44. The molecule has 0 saturated carbocycles. The van der Waals surface area contributed by atoms with Crippen molar-refractivity contribution in [3.05, 3.63) is 11.8 Å². The summed E-state index contributed by atoms with van der Waals surface area (Å²) in [6.07, 6.45) is 23.8. The average molecular weight is 609 g/mol. The van der Waals surface area contributed by atoms with Crippen molar-refractivity contribution in [1.29, 1.82) is 0 Å². The molecule has 242 valence electrons. The molecule has 1 aromatic rings. The van der Waals surface area contributed by atoms with Gasteiger partial charge in [-0.15, -0.1) is 4.37 Å². The molecule has 0 radical (unpaired) electrons. The molecular weight excluding hydrogens is 546 g/mol. The molecule has 2 rings (SSSR count). The van der Waals surface area contributed by atoms with Gasteiger partial charge in [-0.05, 0) is 12.8 Å². The third kappa shape index (κ3) is 14.2. The summed E-state index contributed by atoms with van der Waals surface area (Å²) < 4.78 is 27.1. The summed E-state index contributed by atoms with van der Waals surface area (Å²) in [6, 6.07) is 0. The molecule has 0 fully saturated rings. The zero-order chi connectivity index (χ0) is 30.5. The van der Waals surface area contributed by atoms with E-state index in [0.717, 1.165) is 43.5 Å². The van der Waals surface area contributed by atoms with E-state index in [1.165, 1.54) is 102 Å². The smallest absolute Gasteiger partial charge is 0.475 e. The van der Waals surface area contributed by atoms with E-state index in [9.17, 15) is 4.79 Å². The Kier molecular flexibility index (Phi) is 19.1. The van der Waals surface area contributed by atoms with Crippen LogP contribution < -0.4 is 4.74 Å². The van der Waals surface area contributed by atoms with Crippen LogP contribution in [0.15, 0.2) is 6.08 Å². The maximum Gasteiger partial charge on any atom is 0.512 e. The minimum atomic E-state index is -0.547. The van der Waals surface area contributed by atoms with E-state index in [1.807, 2.05) is 0 Å². The topological polar surface area (TPSA) is 70.5 Å². The summed E-state index contributed by atoms with van der Waals surface area (Å²) in [5.41, 5.74) is 1.96. The van der Waals surface area contributed by atoms with Crippen LogP contribution in [-0.2, 0) is 9.47 Å². The number of hydrogen-bond donors (Lipinski definition) is 0. The zero-order valence-corrected chi connectivity index (χ0v) is 28.5. The first kappa shape index (κ1) is 36.5. The molecule has 1 aromatic heterocycles. The number of hydrogen-bond acceptors (Lipinski definition) is 7. The minimum absolute atomic E-state index is 0.154. The first-order valence-electron chi connectivity index (χ1n) is 17.2. The van der Waals surface area contributed by atoms with Crippen LogP contribution in [-0.4, -0.2) is 59.0 Å². The maximum absolute atomic E-state index is 12.7. The normalized spacial score (nSPS) is 17.7. The summed E-state index contributed by atoms with van der Waals surface area (Å²) in [5, 5.41) is 0. The molecule has 0 N–H and O–H groups in total. The molecule has 2 heterocycles. The van der Waals surface area contributed by atoms with E-state index in [2.05, 4.69) is 49.6 Å². The van der Waals surface area contributed by atoms with Crippen LogP contribution in [0.25, 0.3) is 5.57 Å². The van der Waals surface area contributed by atoms with Gasteiger partial charge in [0, 0.05) is 17.9 Å². The fraction of sp³-hybridized carbons (Fsp3) is 0.853. The number of rotatable bonds is 24. The van der Waals surface area contributed by atoms with Gasteiger partial charge in [0.2, 0.25) is 6.23 Å². The number of nitrogens with zero attached hydrogens (tertiary/aromatic N) is 3. The lowest BCUT2D eigenvalue weighted by molar-refractivity contribution is -0.950. The summed E-state index contributed by atoms with van der Waals surface area (Å²) in [7, 11) is 2.17. The van der Waals surface area contributed by atoms with Crippen LogP contribution in [0.3, 0.4) is 0 Å². The maximum atomic E-state index is 12.7. The molecule has 0 spiro atoms. The zero-order valence-electron chi connectivity index (χ0n) is 27.7. The molecule has 0 bridgehead atoms. The van der Waals surface area contributed by atoms with Gasteiger partial charge in [0.1, 0.15) is 12.2 Å². The Morgan fingerprint density at radius 2 is 1.38 bits per heavy atom. The lowest BCUT2D eigenvalue weighted by Crippen LogP contribution is -2.58. The van der Waals surface area contributed by atoms with Gasteiger partial charge in [-0.3, -0.25) is 4.48 Å². The van der Waals surface area contributed by atoms with Crippen molar-refractivity contribution in [2.45, 2.75) is 149 Å². The van der Waals surface area contributed by atoms with Gasteiger partial charge in [0.25, 0.3) is 5.88 Å². The second kappa shape index (κ2) is 21.9. The lowest BCUT2D eigenvalue weighted by Gasteiger charge is -2.44. The van der Waals surface area contributed by atoms with Crippen LogP contribution in [0.4, 0.5) is 4.79 Å². The second-order valence-electron chi connectivity index (χ2n) is 12.8. The highest BCUT2D eigenvalue weighted by atomic mass is 32.1. The fourth-order valence-electron chi connectivity index (χ4n) is 6.02. The molecule has 1 aliphatic heterocycles. The number of unbranched alkanes of at least 4 members (excludes halogenated alkanes) is 15. The highest BCUT2D eigenvalue weighted by Gasteiger charge is 2.41. The molecule has 7 nitrogen and oxygen atoms in total. The highest BCUT2D eigenvalue weighted by Crippen LogP contribution is 2.33. The van der Waals surface area contributed by atoms with E-state index in [-0.39, 0.29) is 12.1 Å². The van der Waals surface area contributed by atoms with Crippen LogP contribution in [0.2, 0.25) is 0 Å². The Bertz CT molecular complexity index is 875. The van der Waals surface area contributed by atoms with Gasteiger partial charge in [-0.25, -0.2) is 4.79 Å². The van der Waals surface area contributed by atoms with Gasteiger partial charge >= 0.3 is 6.16 Å². The lowest BCUT2D eigenvalue weighted by atomic mass is 10.0. The number of aromatic nitrogens is 2. The third-order valence-electron chi connectivity index (χ3n) is 8.43. The first-order chi connectivity index (χ1) is 20.4. The van der Waals surface area contributed by atoms with Gasteiger partial charge in [-0.1, -0.05) is 130 Å². The fourth-order valence-corrected chi connectivity index (χ4v) is 6.55. The van der Waals surface area contributed by atoms with Crippen LogP contribution in [0.1, 0.15) is 149 Å². The SMILES string of the molecule is CCCCCCCCCCCCCCCOC(=O)OC(C(C)C)[N+]1(C)CCC=C(c2nsnc2OCCCCCC)C1. The molecule has 0 amide bonds. The van der Waals surface area contributed by atoms with Gasteiger partial charge < -0.3 is 14.2 Å².